The minimum atomic E-state index is -1.39. The van der Waals surface area contributed by atoms with Gasteiger partial charge in [0.2, 0.25) is 5.91 Å². The van der Waals surface area contributed by atoms with Gasteiger partial charge in [-0.15, -0.1) is 0 Å². The van der Waals surface area contributed by atoms with Gasteiger partial charge in [0.25, 0.3) is 0 Å². The third kappa shape index (κ3) is 3.87. The third-order valence-corrected chi connectivity index (χ3v) is 5.74. The Morgan fingerprint density at radius 3 is 2.07 bits per heavy atom. The largest absolute Gasteiger partial charge is 0.480 e. The molecule has 158 valence electrons. The summed E-state index contributed by atoms with van der Waals surface area (Å²) in [6.45, 7) is 4.48. The highest BCUT2D eigenvalue weighted by Gasteiger charge is 2.37. The average Bonchev–Trinajstić information content (AvgIpc) is 3.04. The highest BCUT2D eigenvalue weighted by molar-refractivity contribution is 5.90. The van der Waals surface area contributed by atoms with Crippen molar-refractivity contribution in [1.82, 2.24) is 10.2 Å². The summed E-state index contributed by atoms with van der Waals surface area (Å²) in [5, 5.41) is 11.8. The molecule has 0 aliphatic heterocycles. The first kappa shape index (κ1) is 21.4. The number of likely N-dealkylation sites (N-methyl/N-ethyl adjacent to an activating group) is 1. The number of rotatable bonds is 6. The Balaban J connectivity index is 1.64. The van der Waals surface area contributed by atoms with Crippen LogP contribution in [0.1, 0.15) is 37.8 Å². The van der Waals surface area contributed by atoms with Crippen LogP contribution in [0, 0.1) is 0 Å². The van der Waals surface area contributed by atoms with Gasteiger partial charge < -0.3 is 20.1 Å². The van der Waals surface area contributed by atoms with Crippen molar-refractivity contribution < 1.29 is 24.2 Å². The standard InChI is InChI=1S/C23H26N2O5/c1-14(20(26)25(4)23(2,3)21(27)28)24-22(29)30-13-19-17-11-7-5-9-15(17)16-10-6-8-12-18(16)19/h5-12,14,19H,13H2,1-4H3,(H,24,29)(H,27,28)/t14-/m1/s1. The molecular formula is C23H26N2O5. The average molecular weight is 410 g/mol. The number of carbonyl (C=O) groups excluding carboxylic acids is 2. The van der Waals surface area contributed by atoms with Gasteiger partial charge in [-0.2, -0.15) is 0 Å². The third-order valence-electron chi connectivity index (χ3n) is 5.74. The van der Waals surface area contributed by atoms with Crippen LogP contribution >= 0.6 is 0 Å². The lowest BCUT2D eigenvalue weighted by molar-refractivity contribution is -0.155. The number of fused-ring (bicyclic) bond motifs is 3. The van der Waals surface area contributed by atoms with Crippen molar-refractivity contribution in [1.29, 1.82) is 0 Å². The van der Waals surface area contributed by atoms with Crippen LogP contribution in [0.4, 0.5) is 4.79 Å². The van der Waals surface area contributed by atoms with Crippen molar-refractivity contribution >= 4 is 18.0 Å². The summed E-state index contributed by atoms with van der Waals surface area (Å²) >= 11 is 0. The zero-order valence-electron chi connectivity index (χ0n) is 17.5. The molecular weight excluding hydrogens is 384 g/mol. The predicted molar refractivity (Wildman–Crippen MR) is 112 cm³/mol. The maximum atomic E-state index is 12.5. The van der Waals surface area contributed by atoms with E-state index in [2.05, 4.69) is 17.4 Å². The first-order valence-electron chi connectivity index (χ1n) is 9.77. The molecule has 7 nitrogen and oxygen atoms in total. The molecule has 0 aromatic heterocycles. The maximum Gasteiger partial charge on any atom is 0.407 e. The number of amides is 2. The summed E-state index contributed by atoms with van der Waals surface area (Å²) in [5.41, 5.74) is 3.05. The Bertz CT molecular complexity index is 940. The van der Waals surface area contributed by atoms with Gasteiger partial charge in [-0.05, 0) is 43.0 Å². The molecule has 1 atom stereocenters. The van der Waals surface area contributed by atoms with Crippen molar-refractivity contribution in [2.24, 2.45) is 0 Å². The lowest BCUT2D eigenvalue weighted by Gasteiger charge is -2.33. The van der Waals surface area contributed by atoms with Crippen molar-refractivity contribution in [3.8, 4) is 11.1 Å². The molecule has 0 saturated carbocycles. The van der Waals surface area contributed by atoms with Crippen molar-refractivity contribution in [2.45, 2.75) is 38.3 Å². The summed E-state index contributed by atoms with van der Waals surface area (Å²) in [6.07, 6.45) is -0.723. The molecule has 1 aliphatic rings. The van der Waals surface area contributed by atoms with E-state index < -0.39 is 29.6 Å². The molecule has 0 unspecified atom stereocenters. The molecule has 2 amide bonds. The van der Waals surface area contributed by atoms with Crippen LogP contribution in [0.15, 0.2) is 48.5 Å². The van der Waals surface area contributed by atoms with Gasteiger partial charge in [-0.25, -0.2) is 9.59 Å². The van der Waals surface area contributed by atoms with Crippen LogP contribution in [-0.2, 0) is 14.3 Å². The van der Waals surface area contributed by atoms with Gasteiger partial charge >= 0.3 is 12.1 Å². The van der Waals surface area contributed by atoms with Gasteiger partial charge in [-0.3, -0.25) is 4.79 Å². The zero-order valence-corrected chi connectivity index (χ0v) is 17.5. The van der Waals surface area contributed by atoms with Crippen molar-refractivity contribution in [2.75, 3.05) is 13.7 Å². The molecule has 0 radical (unpaired) electrons. The van der Waals surface area contributed by atoms with Crippen LogP contribution in [0.3, 0.4) is 0 Å². The minimum Gasteiger partial charge on any atom is -0.480 e. The van der Waals surface area contributed by atoms with Crippen LogP contribution in [-0.4, -0.2) is 53.2 Å². The summed E-state index contributed by atoms with van der Waals surface area (Å²) < 4.78 is 5.44. The van der Waals surface area contributed by atoms with E-state index in [0.717, 1.165) is 27.2 Å². The number of aliphatic carboxylic acids is 1. The number of carboxylic acid groups (broad SMARTS) is 1. The zero-order chi connectivity index (χ0) is 22.1. The number of nitrogens with zero attached hydrogens (tertiary/aromatic N) is 1. The second-order valence-corrected chi connectivity index (χ2v) is 7.95. The molecule has 2 aromatic carbocycles. The molecule has 2 aromatic rings. The topological polar surface area (TPSA) is 95.9 Å². The number of benzene rings is 2. The van der Waals surface area contributed by atoms with Gasteiger partial charge in [0, 0.05) is 13.0 Å². The summed E-state index contributed by atoms with van der Waals surface area (Å²) in [6, 6.07) is 15.1. The number of carbonyl (C=O) groups is 3. The second-order valence-electron chi connectivity index (χ2n) is 7.95. The molecule has 0 bridgehead atoms. The van der Waals surface area contributed by atoms with E-state index in [1.807, 2.05) is 36.4 Å². The lowest BCUT2D eigenvalue weighted by Crippen LogP contribution is -2.56. The van der Waals surface area contributed by atoms with E-state index in [-0.39, 0.29) is 12.5 Å². The highest BCUT2D eigenvalue weighted by Crippen LogP contribution is 2.44. The minimum absolute atomic E-state index is 0.0808. The van der Waals surface area contributed by atoms with Crippen molar-refractivity contribution in [3.63, 3.8) is 0 Å². The first-order chi connectivity index (χ1) is 14.1. The maximum absolute atomic E-state index is 12.5. The molecule has 1 aliphatic carbocycles. The van der Waals surface area contributed by atoms with Crippen LogP contribution in [0.5, 0.6) is 0 Å². The van der Waals surface area contributed by atoms with E-state index in [0.29, 0.717) is 0 Å². The Kier molecular flexibility index (Phi) is 5.82. The fraction of sp³-hybridized carbons (Fsp3) is 0.348. The van der Waals surface area contributed by atoms with Gasteiger partial charge in [0.15, 0.2) is 0 Å². The number of carboxylic acids is 1. The molecule has 7 heteroatoms. The normalized spacial score (nSPS) is 13.7. The second kappa shape index (κ2) is 8.18. The monoisotopic (exact) mass is 410 g/mol. The smallest absolute Gasteiger partial charge is 0.407 e. The molecule has 30 heavy (non-hydrogen) atoms. The Labute approximate surface area is 175 Å². The molecule has 3 rings (SSSR count). The van der Waals surface area contributed by atoms with Gasteiger partial charge in [-0.1, -0.05) is 48.5 Å². The molecule has 0 fully saturated rings. The Morgan fingerprint density at radius 2 is 1.57 bits per heavy atom. The van der Waals surface area contributed by atoms with Gasteiger partial charge in [0.1, 0.15) is 18.2 Å². The van der Waals surface area contributed by atoms with E-state index >= 15 is 0 Å². The Morgan fingerprint density at radius 1 is 1.07 bits per heavy atom. The summed E-state index contributed by atoms with van der Waals surface area (Å²) in [7, 11) is 1.40. The lowest BCUT2D eigenvalue weighted by atomic mass is 9.98. The van der Waals surface area contributed by atoms with Gasteiger partial charge in [0.05, 0.1) is 0 Å². The van der Waals surface area contributed by atoms with Crippen LogP contribution in [0.2, 0.25) is 0 Å². The fourth-order valence-electron chi connectivity index (χ4n) is 3.59. The SMILES string of the molecule is C[C@@H](NC(=O)OCC1c2ccccc2-c2ccccc21)C(=O)N(C)C(C)(C)C(=O)O. The number of hydrogen-bond acceptors (Lipinski definition) is 4. The molecule has 0 saturated heterocycles. The van der Waals surface area contributed by atoms with Crippen LogP contribution < -0.4 is 5.32 Å². The first-order valence-corrected chi connectivity index (χ1v) is 9.77. The van der Waals surface area contributed by atoms with E-state index in [1.165, 1.54) is 27.8 Å². The van der Waals surface area contributed by atoms with E-state index in [9.17, 15) is 19.5 Å². The van der Waals surface area contributed by atoms with E-state index in [1.54, 1.807) is 0 Å². The molecule has 0 heterocycles. The van der Waals surface area contributed by atoms with Crippen molar-refractivity contribution in [3.05, 3.63) is 59.7 Å². The summed E-state index contributed by atoms with van der Waals surface area (Å²) in [5.74, 6) is -1.73. The molecule has 0 spiro atoms. The fourth-order valence-corrected chi connectivity index (χ4v) is 3.59. The number of alkyl carbamates (subject to hydrolysis) is 1. The Hall–Kier alpha value is -3.35. The number of nitrogens with one attached hydrogen (secondary N) is 1. The highest BCUT2D eigenvalue weighted by atomic mass is 16.5. The quantitative estimate of drug-likeness (QED) is 0.762. The van der Waals surface area contributed by atoms with E-state index in [4.69, 9.17) is 4.74 Å². The number of ether oxygens (including phenoxy) is 1. The van der Waals surface area contributed by atoms with Crippen LogP contribution in [0.25, 0.3) is 11.1 Å². The number of hydrogen-bond donors (Lipinski definition) is 2. The summed E-state index contributed by atoms with van der Waals surface area (Å²) in [4.78, 5) is 37.3. The molecule has 2 N–H and O–H groups in total. The predicted octanol–water partition coefficient (Wildman–Crippen LogP) is 3.24.